The monoisotopic (exact) mass is 383 g/mol. The van der Waals surface area contributed by atoms with E-state index in [0.29, 0.717) is 17.4 Å². The molecule has 0 spiro atoms. The molecule has 0 heterocycles. The lowest BCUT2D eigenvalue weighted by Crippen LogP contribution is -2.45. The molecule has 26 heavy (non-hydrogen) atoms. The fraction of sp³-hybridized carbons (Fsp3) is 0.579. The van der Waals surface area contributed by atoms with Gasteiger partial charge in [-0.1, -0.05) is 31.4 Å². The zero-order valence-corrected chi connectivity index (χ0v) is 16.4. The van der Waals surface area contributed by atoms with Gasteiger partial charge in [-0.25, -0.2) is 4.79 Å². The first-order valence-corrected chi connectivity index (χ1v) is 9.18. The maximum Gasteiger partial charge on any atom is 0.339 e. The molecule has 6 nitrogen and oxygen atoms in total. The van der Waals surface area contributed by atoms with E-state index in [1.807, 2.05) is 0 Å². The number of ether oxygens (including phenoxy) is 3. The number of halogens is 1. The molecular formula is C19H26ClNO5. The van der Waals surface area contributed by atoms with Crippen molar-refractivity contribution in [2.75, 3.05) is 14.2 Å². The van der Waals surface area contributed by atoms with Crippen LogP contribution < -0.4 is 14.8 Å². The average molecular weight is 384 g/mol. The molecule has 0 radical (unpaired) electrons. The second kappa shape index (κ2) is 9.12. The number of hydrogen-bond donors (Lipinski definition) is 1. The minimum Gasteiger partial charge on any atom is -0.493 e. The van der Waals surface area contributed by atoms with Crippen LogP contribution in [0.15, 0.2) is 12.1 Å². The number of carbonyl (C=O) groups is 2. The molecular weight excluding hydrogens is 358 g/mol. The van der Waals surface area contributed by atoms with Crippen molar-refractivity contribution in [1.82, 2.24) is 5.32 Å². The minimum atomic E-state index is -0.900. The Morgan fingerprint density at radius 1 is 1.19 bits per heavy atom. The van der Waals surface area contributed by atoms with Crippen molar-refractivity contribution < 1.29 is 23.8 Å². The molecule has 1 aromatic carbocycles. The average Bonchev–Trinajstić information content (AvgIpc) is 2.62. The number of esters is 1. The molecule has 1 fully saturated rings. The number of methoxy groups -OCH3 is 2. The van der Waals surface area contributed by atoms with Gasteiger partial charge in [0.2, 0.25) is 0 Å². The lowest BCUT2D eigenvalue weighted by Gasteiger charge is -2.30. The molecule has 1 aromatic rings. The van der Waals surface area contributed by atoms with Crippen molar-refractivity contribution in [1.29, 1.82) is 0 Å². The van der Waals surface area contributed by atoms with Gasteiger partial charge >= 0.3 is 5.97 Å². The molecule has 0 unspecified atom stereocenters. The van der Waals surface area contributed by atoms with Crippen LogP contribution in [0, 0.1) is 5.92 Å². The van der Waals surface area contributed by atoms with Crippen LogP contribution in [0.5, 0.6) is 11.5 Å². The van der Waals surface area contributed by atoms with Gasteiger partial charge < -0.3 is 19.5 Å². The Kier molecular flexibility index (Phi) is 7.14. The van der Waals surface area contributed by atoms with E-state index in [9.17, 15) is 9.59 Å². The summed E-state index contributed by atoms with van der Waals surface area (Å²) in [6.45, 7) is 3.69. The number of carbonyl (C=O) groups excluding carboxylic acids is 2. The van der Waals surface area contributed by atoms with Gasteiger partial charge in [0.15, 0.2) is 17.6 Å². The van der Waals surface area contributed by atoms with E-state index >= 15 is 0 Å². The molecule has 0 aliphatic heterocycles. The second-order valence-electron chi connectivity index (χ2n) is 6.62. The molecule has 7 heteroatoms. The number of nitrogens with one attached hydrogen (secondary N) is 1. The Balaban J connectivity index is 2.02. The number of amides is 1. The standard InChI is InChI=1S/C19H26ClNO5/c1-11-7-5-6-8-15(11)21-18(22)12(2)26-19(23)13-9-14(20)17(25-4)16(10-13)24-3/h9-12,15H,5-8H2,1-4H3,(H,21,22)/t11-,12+,15-/m0/s1. The van der Waals surface area contributed by atoms with E-state index < -0.39 is 12.1 Å². The van der Waals surface area contributed by atoms with Gasteiger partial charge in [-0.15, -0.1) is 0 Å². The molecule has 0 bridgehead atoms. The lowest BCUT2D eigenvalue weighted by molar-refractivity contribution is -0.130. The molecule has 0 saturated heterocycles. The van der Waals surface area contributed by atoms with Gasteiger partial charge in [-0.3, -0.25) is 4.79 Å². The van der Waals surface area contributed by atoms with Gasteiger partial charge in [0, 0.05) is 6.04 Å². The first kappa shape index (κ1) is 20.4. The maximum absolute atomic E-state index is 12.4. The van der Waals surface area contributed by atoms with Crippen molar-refractivity contribution in [3.63, 3.8) is 0 Å². The summed E-state index contributed by atoms with van der Waals surface area (Å²) in [5.74, 6) is 0.152. The highest BCUT2D eigenvalue weighted by molar-refractivity contribution is 6.32. The molecule has 3 atom stereocenters. The molecule has 1 aliphatic rings. The predicted molar refractivity (Wildman–Crippen MR) is 99.0 cm³/mol. The molecule has 1 aliphatic carbocycles. The first-order chi connectivity index (χ1) is 12.4. The van der Waals surface area contributed by atoms with Crippen molar-refractivity contribution >= 4 is 23.5 Å². The summed E-state index contributed by atoms with van der Waals surface area (Å²) < 4.78 is 15.6. The highest BCUT2D eigenvalue weighted by Crippen LogP contribution is 2.36. The summed E-state index contributed by atoms with van der Waals surface area (Å²) in [5.41, 5.74) is 0.193. The number of rotatable bonds is 6. The Morgan fingerprint density at radius 3 is 2.50 bits per heavy atom. The lowest BCUT2D eigenvalue weighted by atomic mass is 9.86. The minimum absolute atomic E-state index is 0.132. The van der Waals surface area contributed by atoms with Gasteiger partial charge in [-0.05, 0) is 37.8 Å². The van der Waals surface area contributed by atoms with Crippen LogP contribution in [0.2, 0.25) is 5.02 Å². The quantitative estimate of drug-likeness (QED) is 0.760. The normalized spacial score (nSPS) is 20.8. The highest BCUT2D eigenvalue weighted by Gasteiger charge is 2.27. The molecule has 144 valence electrons. The summed E-state index contributed by atoms with van der Waals surface area (Å²) >= 11 is 6.11. The van der Waals surface area contributed by atoms with Crippen LogP contribution in [0.1, 0.15) is 49.9 Å². The number of hydrogen-bond acceptors (Lipinski definition) is 5. The molecule has 0 aromatic heterocycles. The van der Waals surface area contributed by atoms with Gasteiger partial charge in [-0.2, -0.15) is 0 Å². The third-order valence-electron chi connectivity index (χ3n) is 4.76. The van der Waals surface area contributed by atoms with Crippen LogP contribution in [0.25, 0.3) is 0 Å². The second-order valence-corrected chi connectivity index (χ2v) is 7.03. The van der Waals surface area contributed by atoms with Crippen LogP contribution in [-0.2, 0) is 9.53 Å². The fourth-order valence-corrected chi connectivity index (χ4v) is 3.44. The Bertz CT molecular complexity index is 664. The highest BCUT2D eigenvalue weighted by atomic mass is 35.5. The Hall–Kier alpha value is -1.95. The molecule has 2 rings (SSSR count). The summed E-state index contributed by atoms with van der Waals surface area (Å²) in [7, 11) is 2.91. The largest absolute Gasteiger partial charge is 0.493 e. The van der Waals surface area contributed by atoms with Gasteiger partial charge in [0.1, 0.15) is 0 Å². The Morgan fingerprint density at radius 2 is 1.88 bits per heavy atom. The third-order valence-corrected chi connectivity index (χ3v) is 5.04. The topological polar surface area (TPSA) is 73.9 Å². The van der Waals surface area contributed by atoms with Crippen molar-refractivity contribution in [2.45, 2.75) is 51.7 Å². The van der Waals surface area contributed by atoms with Crippen molar-refractivity contribution in [3.05, 3.63) is 22.7 Å². The Labute approximate surface area is 159 Å². The van der Waals surface area contributed by atoms with E-state index in [4.69, 9.17) is 25.8 Å². The zero-order chi connectivity index (χ0) is 19.3. The predicted octanol–water partition coefficient (Wildman–Crippen LogP) is 3.60. The van der Waals surface area contributed by atoms with Crippen LogP contribution in [-0.4, -0.2) is 38.2 Å². The summed E-state index contributed by atoms with van der Waals surface area (Å²) in [4.78, 5) is 24.7. The number of benzene rings is 1. The van der Waals surface area contributed by atoms with Crippen LogP contribution in [0.3, 0.4) is 0 Å². The van der Waals surface area contributed by atoms with E-state index in [2.05, 4.69) is 12.2 Å². The third kappa shape index (κ3) is 4.81. The molecule has 1 saturated carbocycles. The smallest absolute Gasteiger partial charge is 0.339 e. The summed E-state index contributed by atoms with van der Waals surface area (Å²) in [6, 6.07) is 3.04. The fourth-order valence-electron chi connectivity index (χ4n) is 3.15. The van der Waals surface area contributed by atoms with Gasteiger partial charge in [0.25, 0.3) is 5.91 Å². The summed E-state index contributed by atoms with van der Waals surface area (Å²) in [5, 5.41) is 3.22. The zero-order valence-electron chi connectivity index (χ0n) is 15.6. The van der Waals surface area contributed by atoms with E-state index in [1.54, 1.807) is 6.92 Å². The van der Waals surface area contributed by atoms with E-state index in [1.165, 1.54) is 32.8 Å². The van der Waals surface area contributed by atoms with Crippen molar-refractivity contribution in [3.8, 4) is 11.5 Å². The maximum atomic E-state index is 12.4. The first-order valence-electron chi connectivity index (χ1n) is 8.80. The van der Waals surface area contributed by atoms with Crippen LogP contribution >= 0.6 is 11.6 Å². The summed E-state index contributed by atoms with van der Waals surface area (Å²) in [6.07, 6.45) is 3.46. The van der Waals surface area contributed by atoms with Crippen LogP contribution in [0.4, 0.5) is 0 Å². The van der Waals surface area contributed by atoms with E-state index in [0.717, 1.165) is 19.3 Å². The molecule has 1 amide bonds. The molecule has 1 N–H and O–H groups in total. The van der Waals surface area contributed by atoms with E-state index in [-0.39, 0.29) is 22.5 Å². The SMILES string of the molecule is COc1cc(C(=O)O[C@H](C)C(=O)N[C@H]2CCCC[C@@H]2C)cc(Cl)c1OC. The van der Waals surface area contributed by atoms with Crippen molar-refractivity contribution in [2.24, 2.45) is 5.92 Å². The van der Waals surface area contributed by atoms with Gasteiger partial charge in [0.05, 0.1) is 24.8 Å².